The van der Waals surface area contributed by atoms with Crippen LogP contribution < -0.4 is 4.74 Å². The quantitative estimate of drug-likeness (QED) is 0.438. The Labute approximate surface area is 137 Å². The summed E-state index contributed by atoms with van der Waals surface area (Å²) >= 11 is 0. The number of ether oxygens (including phenoxy) is 1. The smallest absolute Gasteiger partial charge is 0.453 e. The summed E-state index contributed by atoms with van der Waals surface area (Å²) in [5, 5.41) is 0. The van der Waals surface area contributed by atoms with Gasteiger partial charge >= 0.3 is 12.1 Å². The van der Waals surface area contributed by atoms with Crippen molar-refractivity contribution in [1.29, 1.82) is 0 Å². The Hall–Kier alpha value is -2.37. The van der Waals surface area contributed by atoms with E-state index in [0.717, 1.165) is 11.6 Å². The fourth-order valence-corrected chi connectivity index (χ4v) is 1.67. The molecule has 0 saturated carbocycles. The van der Waals surface area contributed by atoms with E-state index >= 15 is 0 Å². The molecule has 0 aromatic heterocycles. The molecule has 24 heavy (non-hydrogen) atoms. The molecule has 0 bridgehead atoms. The predicted octanol–water partition coefficient (Wildman–Crippen LogP) is 5.96. The van der Waals surface area contributed by atoms with Crippen LogP contribution in [-0.2, 0) is 0 Å². The molecule has 0 aliphatic rings. The third-order valence-corrected chi connectivity index (χ3v) is 2.99. The summed E-state index contributed by atoms with van der Waals surface area (Å²) < 4.78 is 67.0. The minimum absolute atomic E-state index is 0.443. The van der Waals surface area contributed by atoms with Gasteiger partial charge in [0.15, 0.2) is 0 Å². The summed E-state index contributed by atoms with van der Waals surface area (Å²) in [4.78, 5) is 0. The number of allylic oxidation sites excluding steroid dienone is 6. The summed E-state index contributed by atoms with van der Waals surface area (Å²) in [7, 11) is 1.54. The summed E-state index contributed by atoms with van der Waals surface area (Å²) in [6.07, 6.45) is 1.22. The van der Waals surface area contributed by atoms with E-state index < -0.39 is 18.5 Å². The number of alkyl halides is 5. The van der Waals surface area contributed by atoms with E-state index in [0.29, 0.717) is 11.3 Å². The van der Waals surface area contributed by atoms with E-state index in [2.05, 4.69) is 6.58 Å². The van der Waals surface area contributed by atoms with E-state index in [1.807, 2.05) is 0 Å². The van der Waals surface area contributed by atoms with Crippen molar-refractivity contribution in [3.8, 4) is 5.75 Å². The largest absolute Gasteiger partial charge is 0.497 e. The number of hydrogen-bond donors (Lipinski definition) is 0. The highest BCUT2D eigenvalue weighted by molar-refractivity contribution is 5.56. The Morgan fingerprint density at radius 3 is 2.21 bits per heavy atom. The molecule has 0 atom stereocenters. The molecule has 0 N–H and O–H groups in total. The summed E-state index contributed by atoms with van der Waals surface area (Å²) in [6, 6.07) is 7.05. The molecular formula is C18H17F5O. The molecule has 1 nitrogen and oxygen atoms in total. The molecule has 0 aliphatic heterocycles. The fourth-order valence-electron chi connectivity index (χ4n) is 1.67. The van der Waals surface area contributed by atoms with Crippen LogP contribution in [0, 0.1) is 0 Å². The van der Waals surface area contributed by atoms with Crippen molar-refractivity contribution in [2.75, 3.05) is 7.11 Å². The second kappa shape index (κ2) is 8.47. The van der Waals surface area contributed by atoms with E-state index in [4.69, 9.17) is 4.74 Å². The fraction of sp³-hybridized carbons (Fsp3) is 0.222. The van der Waals surface area contributed by atoms with Crippen LogP contribution in [0.1, 0.15) is 12.0 Å². The molecule has 0 radical (unpaired) electrons. The Bertz CT molecular complexity index is 622. The molecule has 0 amide bonds. The second-order valence-corrected chi connectivity index (χ2v) is 4.82. The third-order valence-electron chi connectivity index (χ3n) is 2.99. The zero-order valence-electron chi connectivity index (χ0n) is 13.0. The Morgan fingerprint density at radius 1 is 1.08 bits per heavy atom. The maximum absolute atomic E-state index is 12.8. The van der Waals surface area contributed by atoms with Gasteiger partial charge in [0.1, 0.15) is 5.75 Å². The first-order chi connectivity index (χ1) is 11.2. The Kier molecular flexibility index (Phi) is 6.95. The van der Waals surface area contributed by atoms with Crippen LogP contribution in [0.2, 0.25) is 0 Å². The van der Waals surface area contributed by atoms with Crippen LogP contribution in [0.4, 0.5) is 22.0 Å². The first kappa shape index (κ1) is 19.7. The molecule has 1 aromatic rings. The topological polar surface area (TPSA) is 9.23 Å². The van der Waals surface area contributed by atoms with Crippen molar-refractivity contribution in [2.24, 2.45) is 0 Å². The van der Waals surface area contributed by atoms with Gasteiger partial charge in [-0.05, 0) is 23.3 Å². The number of methoxy groups -OCH3 is 1. The van der Waals surface area contributed by atoms with Crippen molar-refractivity contribution in [3.63, 3.8) is 0 Å². The van der Waals surface area contributed by atoms with Crippen molar-refractivity contribution in [1.82, 2.24) is 0 Å². The van der Waals surface area contributed by atoms with Gasteiger partial charge < -0.3 is 4.74 Å². The van der Waals surface area contributed by atoms with E-state index in [1.165, 1.54) is 25.3 Å². The lowest BCUT2D eigenvalue weighted by molar-refractivity contribution is -0.280. The lowest BCUT2D eigenvalue weighted by atomic mass is 10.1. The molecule has 1 rings (SSSR count). The number of halogens is 5. The number of hydrogen-bond acceptors (Lipinski definition) is 1. The zero-order valence-corrected chi connectivity index (χ0v) is 13.0. The van der Waals surface area contributed by atoms with Gasteiger partial charge in [-0.15, -0.1) is 0 Å². The van der Waals surface area contributed by atoms with Crippen LogP contribution in [0.3, 0.4) is 0 Å². The van der Waals surface area contributed by atoms with Crippen LogP contribution in [0.15, 0.2) is 66.8 Å². The summed E-state index contributed by atoms with van der Waals surface area (Å²) in [6.45, 7) is 3.49. The van der Waals surface area contributed by atoms with E-state index in [9.17, 15) is 22.0 Å². The Morgan fingerprint density at radius 2 is 1.71 bits per heavy atom. The maximum atomic E-state index is 12.8. The Balaban J connectivity index is 2.80. The van der Waals surface area contributed by atoms with Crippen LogP contribution >= 0.6 is 0 Å². The van der Waals surface area contributed by atoms with Gasteiger partial charge in [0.25, 0.3) is 0 Å². The molecule has 130 valence electrons. The number of rotatable bonds is 7. The highest BCUT2D eigenvalue weighted by atomic mass is 19.4. The minimum Gasteiger partial charge on any atom is -0.497 e. The van der Waals surface area contributed by atoms with Gasteiger partial charge in [0.2, 0.25) is 0 Å². The average Bonchev–Trinajstić information content (AvgIpc) is 2.52. The number of benzene rings is 1. The molecule has 0 unspecified atom stereocenters. The van der Waals surface area contributed by atoms with Gasteiger partial charge in [-0.25, -0.2) is 0 Å². The van der Waals surface area contributed by atoms with Crippen molar-refractivity contribution in [2.45, 2.75) is 18.5 Å². The van der Waals surface area contributed by atoms with Crippen molar-refractivity contribution >= 4 is 6.08 Å². The third kappa shape index (κ3) is 6.02. The van der Waals surface area contributed by atoms with Crippen LogP contribution in [0.5, 0.6) is 5.75 Å². The molecule has 6 heteroatoms. The highest BCUT2D eigenvalue weighted by Crippen LogP contribution is 2.38. The van der Waals surface area contributed by atoms with E-state index in [1.54, 1.807) is 36.4 Å². The standard InChI is InChI=1S/C18H17F5O/c1-3-5-14(6-4-13-17(19,20)18(21,22)23)7-8-15-9-11-16(24-2)12-10-15/h3-12H,1,13H2,2H3/b6-4-,8-7+,14-5+. The van der Waals surface area contributed by atoms with Crippen LogP contribution in [-0.4, -0.2) is 19.2 Å². The average molecular weight is 344 g/mol. The molecule has 0 fully saturated rings. The van der Waals surface area contributed by atoms with Crippen molar-refractivity contribution < 1.29 is 26.7 Å². The summed E-state index contributed by atoms with van der Waals surface area (Å²) in [5.74, 6) is -4.06. The molecule has 0 aliphatic carbocycles. The SMILES string of the molecule is C=C/C=C(\C=C/CC(F)(F)C(F)(F)F)/C=C/c1ccc(OC)cc1. The minimum atomic E-state index is -5.56. The van der Waals surface area contributed by atoms with Gasteiger partial charge in [-0.3, -0.25) is 0 Å². The van der Waals surface area contributed by atoms with Crippen LogP contribution in [0.25, 0.3) is 6.08 Å². The first-order valence-corrected chi connectivity index (χ1v) is 6.95. The normalized spacial score (nSPS) is 13.7. The predicted molar refractivity (Wildman–Crippen MR) is 85.1 cm³/mol. The molecule has 1 aromatic carbocycles. The second-order valence-electron chi connectivity index (χ2n) is 4.82. The zero-order chi connectivity index (χ0) is 18.2. The molecular weight excluding hydrogens is 327 g/mol. The monoisotopic (exact) mass is 344 g/mol. The lowest BCUT2D eigenvalue weighted by Crippen LogP contribution is -2.35. The maximum Gasteiger partial charge on any atom is 0.453 e. The van der Waals surface area contributed by atoms with Gasteiger partial charge in [-0.1, -0.05) is 55.2 Å². The van der Waals surface area contributed by atoms with Gasteiger partial charge in [-0.2, -0.15) is 22.0 Å². The lowest BCUT2D eigenvalue weighted by Gasteiger charge is -2.17. The highest BCUT2D eigenvalue weighted by Gasteiger charge is 2.56. The first-order valence-electron chi connectivity index (χ1n) is 6.95. The summed E-state index contributed by atoms with van der Waals surface area (Å²) in [5.41, 5.74) is 1.26. The van der Waals surface area contributed by atoms with E-state index in [-0.39, 0.29) is 0 Å². The molecule has 0 heterocycles. The molecule has 0 spiro atoms. The van der Waals surface area contributed by atoms with Crippen molar-refractivity contribution in [3.05, 3.63) is 72.4 Å². The van der Waals surface area contributed by atoms with Gasteiger partial charge in [0, 0.05) is 6.42 Å². The molecule has 0 saturated heterocycles. The van der Waals surface area contributed by atoms with Gasteiger partial charge in [0.05, 0.1) is 7.11 Å².